The fourth-order valence-corrected chi connectivity index (χ4v) is 8.92. The highest BCUT2D eigenvalue weighted by Gasteiger charge is 2.57. The molecule has 5 heterocycles. The molecule has 5 atom stereocenters. The van der Waals surface area contributed by atoms with Gasteiger partial charge in [0.1, 0.15) is 18.4 Å². The maximum Gasteiger partial charge on any atom is 0.261 e. The van der Waals surface area contributed by atoms with Crippen molar-refractivity contribution in [3.63, 3.8) is 0 Å². The van der Waals surface area contributed by atoms with Crippen molar-refractivity contribution >= 4 is 11.8 Å². The number of phenolic OH excluding ortho intramolecular Hbond substituents is 1. The van der Waals surface area contributed by atoms with E-state index in [2.05, 4.69) is 28.5 Å². The van der Waals surface area contributed by atoms with Crippen molar-refractivity contribution < 1.29 is 33.6 Å². The van der Waals surface area contributed by atoms with Gasteiger partial charge in [0.15, 0.2) is 23.0 Å². The molecule has 5 aliphatic heterocycles. The molecule has 0 spiro atoms. The second-order valence-corrected chi connectivity index (χ2v) is 13.1. The second-order valence-electron chi connectivity index (χ2n) is 13.1. The van der Waals surface area contributed by atoms with Crippen molar-refractivity contribution in [3.05, 3.63) is 87.5 Å². The smallest absolute Gasteiger partial charge is 0.261 e. The number of nitriles is 1. The molecule has 3 aromatic carbocycles. The molecule has 1 saturated heterocycles. The molecule has 8 rings (SSSR count). The summed E-state index contributed by atoms with van der Waals surface area (Å²) in [7, 11) is 3.55. The number of fused-ring (bicyclic) bond motifs is 10. The normalized spacial score (nSPS) is 25.1. The number of amides is 2. The third kappa shape index (κ3) is 3.99. The van der Waals surface area contributed by atoms with E-state index in [0.717, 1.165) is 33.4 Å². The van der Waals surface area contributed by atoms with Crippen LogP contribution in [0.25, 0.3) is 0 Å². The summed E-state index contributed by atoms with van der Waals surface area (Å²) in [6.07, 6.45) is 2.64. The number of piperazine rings is 1. The summed E-state index contributed by atoms with van der Waals surface area (Å²) in [5.74, 6) is 1.46. The van der Waals surface area contributed by atoms with Crippen LogP contribution in [-0.4, -0.2) is 83.8 Å². The molecular formula is C37H36N4O7. The highest BCUT2D eigenvalue weighted by Crippen LogP contribution is 2.58. The number of nitrogens with zero attached hydrogens (tertiary/aromatic N) is 4. The van der Waals surface area contributed by atoms with Crippen LogP contribution in [-0.2, 0) is 12.8 Å². The first kappa shape index (κ1) is 30.3. The number of imide groups is 1. The molecule has 0 saturated carbocycles. The summed E-state index contributed by atoms with van der Waals surface area (Å²) in [4.78, 5) is 33.3. The van der Waals surface area contributed by atoms with Gasteiger partial charge < -0.3 is 24.1 Å². The van der Waals surface area contributed by atoms with Gasteiger partial charge in [0.25, 0.3) is 11.8 Å². The number of phenols is 1. The number of hydrogen-bond acceptors (Lipinski definition) is 10. The van der Waals surface area contributed by atoms with Gasteiger partial charge in [0, 0.05) is 40.9 Å². The van der Waals surface area contributed by atoms with Crippen LogP contribution in [0, 0.1) is 25.2 Å². The van der Waals surface area contributed by atoms with E-state index in [1.807, 2.05) is 20.9 Å². The number of carbonyl (C=O) groups excluding carboxylic acids is 2. The van der Waals surface area contributed by atoms with E-state index in [9.17, 15) is 20.0 Å². The first-order chi connectivity index (χ1) is 23.2. The Bertz CT molecular complexity index is 1930. The zero-order valence-corrected chi connectivity index (χ0v) is 27.3. The van der Waals surface area contributed by atoms with E-state index >= 15 is 0 Å². The van der Waals surface area contributed by atoms with Crippen LogP contribution >= 0.6 is 0 Å². The summed E-state index contributed by atoms with van der Waals surface area (Å²) >= 11 is 0. The predicted octanol–water partition coefficient (Wildman–Crippen LogP) is 4.38. The Hall–Kier alpha value is -5.05. The number of methoxy groups -OCH3 is 1. The lowest BCUT2D eigenvalue weighted by atomic mass is 9.71. The average Bonchev–Trinajstić information content (AvgIpc) is 3.65. The van der Waals surface area contributed by atoms with Crippen molar-refractivity contribution in [1.29, 1.82) is 5.26 Å². The fraction of sp³-hybridized carbons (Fsp3) is 0.378. The lowest BCUT2D eigenvalue weighted by Gasteiger charge is -2.60. The summed E-state index contributed by atoms with van der Waals surface area (Å²) in [6, 6.07) is 9.26. The Morgan fingerprint density at radius 2 is 1.77 bits per heavy atom. The standard InChI is InChI=1S/C37H36N4O7/c1-6-11-46-33-19(3)34-35(48-17-47-34)29-23(33)14-25-30-28-20(12-18(2)32(45-5)31(28)42)13-24(39(30)4)26(15-38)41(25)27(29)16-40-36(43)21-9-7-8-10-22(21)37(40)44/h6-10,12,24-27,30,42H,1,11,13-14,16-17H2,2-5H3/t24?,25?,26-,27?,30?/m0/s1. The molecule has 246 valence electrons. The minimum atomic E-state index is -0.650. The molecule has 0 aromatic heterocycles. The molecule has 11 heteroatoms. The Kier molecular flexibility index (Phi) is 6.95. The van der Waals surface area contributed by atoms with Crippen molar-refractivity contribution in [2.24, 2.45) is 0 Å². The van der Waals surface area contributed by atoms with Crippen LogP contribution in [0.15, 0.2) is 43.0 Å². The van der Waals surface area contributed by atoms with E-state index in [4.69, 9.17) is 18.9 Å². The Morgan fingerprint density at radius 3 is 2.44 bits per heavy atom. The number of carbonyl (C=O) groups is 2. The highest BCUT2D eigenvalue weighted by atomic mass is 16.7. The van der Waals surface area contributed by atoms with Gasteiger partial charge in [-0.3, -0.25) is 24.3 Å². The second kappa shape index (κ2) is 11.0. The number of aryl methyl sites for hydroxylation is 1. The monoisotopic (exact) mass is 648 g/mol. The topological polar surface area (TPSA) is 125 Å². The minimum Gasteiger partial charge on any atom is -0.504 e. The van der Waals surface area contributed by atoms with E-state index in [1.165, 1.54) is 4.90 Å². The van der Waals surface area contributed by atoms with Gasteiger partial charge in [0.2, 0.25) is 6.79 Å². The van der Waals surface area contributed by atoms with Crippen LogP contribution in [0.4, 0.5) is 0 Å². The van der Waals surface area contributed by atoms with Crippen molar-refractivity contribution in [3.8, 4) is 34.8 Å². The van der Waals surface area contributed by atoms with Gasteiger partial charge in [-0.25, -0.2) is 0 Å². The maximum absolute atomic E-state index is 13.8. The molecule has 1 fully saturated rings. The maximum atomic E-state index is 13.8. The lowest BCUT2D eigenvalue weighted by molar-refractivity contribution is -0.0758. The molecule has 1 N–H and O–H groups in total. The highest BCUT2D eigenvalue weighted by molar-refractivity contribution is 6.21. The molecule has 2 bridgehead atoms. The zero-order valence-electron chi connectivity index (χ0n) is 27.3. The SMILES string of the molecule is C=CCOc1c(C)c2c(c3c1CC1C4c5c(cc(C)c(OC)c5O)CC([C@H](C#N)N1C3CN1C(=O)c3ccccc3C1=O)N4C)OCO2. The van der Waals surface area contributed by atoms with Crippen LogP contribution in [0.5, 0.6) is 28.7 Å². The molecule has 5 aliphatic rings. The van der Waals surface area contributed by atoms with Crippen LogP contribution < -0.4 is 18.9 Å². The third-order valence-corrected chi connectivity index (χ3v) is 10.8. The quantitative estimate of drug-likeness (QED) is 0.304. The van der Waals surface area contributed by atoms with Gasteiger partial charge >= 0.3 is 0 Å². The number of ether oxygens (including phenoxy) is 4. The summed E-state index contributed by atoms with van der Waals surface area (Å²) in [6.45, 7) is 7.92. The molecule has 4 unspecified atom stereocenters. The molecule has 3 aromatic rings. The van der Waals surface area contributed by atoms with E-state index in [-0.39, 0.29) is 55.6 Å². The predicted molar refractivity (Wildman–Crippen MR) is 174 cm³/mol. The van der Waals surface area contributed by atoms with Crippen molar-refractivity contribution in [1.82, 2.24) is 14.7 Å². The minimum absolute atomic E-state index is 0.00670. The summed E-state index contributed by atoms with van der Waals surface area (Å²) in [5.41, 5.74) is 5.65. The van der Waals surface area contributed by atoms with Crippen LogP contribution in [0.2, 0.25) is 0 Å². The molecule has 0 aliphatic carbocycles. The Labute approximate surface area is 278 Å². The van der Waals surface area contributed by atoms with E-state index in [0.29, 0.717) is 47.0 Å². The van der Waals surface area contributed by atoms with Gasteiger partial charge in [-0.1, -0.05) is 30.9 Å². The number of aromatic hydroxyl groups is 1. The largest absolute Gasteiger partial charge is 0.504 e. The van der Waals surface area contributed by atoms with Gasteiger partial charge in [0.05, 0.1) is 36.4 Å². The summed E-state index contributed by atoms with van der Waals surface area (Å²) in [5, 5.41) is 22.7. The Balaban J connectivity index is 1.37. The van der Waals surface area contributed by atoms with Crippen LogP contribution in [0.1, 0.15) is 66.2 Å². The average molecular weight is 649 g/mol. The fourth-order valence-electron chi connectivity index (χ4n) is 8.92. The number of rotatable bonds is 6. The van der Waals surface area contributed by atoms with Gasteiger partial charge in [-0.05, 0) is 57.0 Å². The third-order valence-electron chi connectivity index (χ3n) is 10.8. The van der Waals surface area contributed by atoms with Crippen molar-refractivity contribution in [2.45, 2.75) is 56.9 Å². The molecule has 2 amide bonds. The van der Waals surface area contributed by atoms with Crippen LogP contribution in [0.3, 0.4) is 0 Å². The Morgan fingerprint density at radius 1 is 1.06 bits per heavy atom. The number of hydrogen-bond donors (Lipinski definition) is 1. The van der Waals surface area contributed by atoms with E-state index < -0.39 is 12.1 Å². The molecule has 0 radical (unpaired) electrons. The first-order valence-corrected chi connectivity index (χ1v) is 16.1. The van der Waals surface area contributed by atoms with Gasteiger partial charge in [-0.2, -0.15) is 5.26 Å². The number of benzene rings is 3. The van der Waals surface area contributed by atoms with E-state index in [1.54, 1.807) is 37.5 Å². The molecular weight excluding hydrogens is 612 g/mol. The summed E-state index contributed by atoms with van der Waals surface area (Å²) < 4.78 is 24.2. The molecule has 11 nitrogen and oxygen atoms in total. The molecule has 48 heavy (non-hydrogen) atoms. The van der Waals surface area contributed by atoms with Gasteiger partial charge in [-0.15, -0.1) is 0 Å². The lowest BCUT2D eigenvalue weighted by Crippen LogP contribution is -2.68. The zero-order chi connectivity index (χ0) is 33.6. The number of likely N-dealkylation sites (N-methyl/N-ethyl adjacent to an activating group) is 1. The van der Waals surface area contributed by atoms with Crippen molar-refractivity contribution in [2.75, 3.05) is 34.1 Å². The first-order valence-electron chi connectivity index (χ1n) is 16.1.